The van der Waals surface area contributed by atoms with Crippen LogP contribution in [0.5, 0.6) is 11.5 Å². The summed E-state index contributed by atoms with van der Waals surface area (Å²) in [4.78, 5) is 38.2. The molecule has 1 unspecified atom stereocenters. The Morgan fingerprint density at radius 2 is 2.02 bits per heavy atom. The molecule has 4 heterocycles. The smallest absolute Gasteiger partial charge is 0.243 e. The Morgan fingerprint density at radius 3 is 2.85 bits per heavy atom. The Morgan fingerprint density at radius 1 is 1.15 bits per heavy atom. The van der Waals surface area contributed by atoms with E-state index < -0.39 is 6.04 Å². The summed E-state index contributed by atoms with van der Waals surface area (Å²) in [5.41, 5.74) is 3.26. The van der Waals surface area contributed by atoms with E-state index >= 15 is 0 Å². The highest BCUT2D eigenvalue weighted by molar-refractivity contribution is 8.12. The molecule has 2 fully saturated rings. The van der Waals surface area contributed by atoms with Gasteiger partial charge in [-0.3, -0.25) is 19.6 Å². The van der Waals surface area contributed by atoms with Crippen LogP contribution in [0.4, 0.5) is 0 Å². The van der Waals surface area contributed by atoms with Gasteiger partial charge in [-0.2, -0.15) is 0 Å². The Hall–Kier alpha value is -3.07. The molecular formula is C31H38N4O4S. The van der Waals surface area contributed by atoms with Crippen LogP contribution in [0.3, 0.4) is 0 Å². The van der Waals surface area contributed by atoms with Gasteiger partial charge in [-0.05, 0) is 44.7 Å². The lowest BCUT2D eigenvalue weighted by atomic mass is 10.1. The Kier molecular flexibility index (Phi) is 7.75. The molecule has 0 radical (unpaired) electrons. The zero-order chi connectivity index (χ0) is 27.7. The second kappa shape index (κ2) is 11.4. The molecule has 2 amide bonds. The number of rotatable bonds is 4. The van der Waals surface area contributed by atoms with Crippen molar-refractivity contribution in [3.05, 3.63) is 42.1 Å². The molecular weight excluding hydrogens is 524 g/mol. The molecule has 40 heavy (non-hydrogen) atoms. The van der Waals surface area contributed by atoms with Gasteiger partial charge in [0.05, 0.1) is 30.4 Å². The minimum absolute atomic E-state index is 0.0312. The van der Waals surface area contributed by atoms with Crippen molar-refractivity contribution in [3.63, 3.8) is 0 Å². The number of carbonyl (C=O) groups is 2. The van der Waals surface area contributed by atoms with Crippen LogP contribution in [0.15, 0.2) is 41.4 Å². The molecule has 0 spiro atoms. The van der Waals surface area contributed by atoms with Gasteiger partial charge in [-0.15, -0.1) is 11.8 Å². The summed E-state index contributed by atoms with van der Waals surface area (Å²) in [6.07, 6.45) is 11.3. The lowest BCUT2D eigenvalue weighted by Gasteiger charge is -2.25. The normalized spacial score (nSPS) is 31.6. The SMILES string of the molecule is COc1ccc2c(O[C@@H]3C[C@H]4C(=O)N[C@]5(C)C[C@H]5/C=C\CCCCCCC(=O)N4C3)cc(C3CSC=N3)nc2c1. The molecule has 1 saturated heterocycles. The van der Waals surface area contributed by atoms with Crippen molar-refractivity contribution in [1.82, 2.24) is 15.2 Å². The Bertz CT molecular complexity index is 1350. The van der Waals surface area contributed by atoms with E-state index in [2.05, 4.69) is 29.4 Å². The molecule has 212 valence electrons. The molecule has 2 aromatic rings. The molecule has 1 aromatic carbocycles. The Balaban J connectivity index is 1.26. The fourth-order valence-corrected chi connectivity index (χ4v) is 6.87. The number of hydrogen-bond donors (Lipinski definition) is 1. The number of aliphatic imine (C=N–C) groups is 1. The largest absolute Gasteiger partial charge is 0.497 e. The molecule has 8 nitrogen and oxygen atoms in total. The van der Waals surface area contributed by atoms with Gasteiger partial charge in [0.25, 0.3) is 0 Å². The molecule has 1 saturated carbocycles. The first kappa shape index (κ1) is 27.1. The van der Waals surface area contributed by atoms with Gasteiger partial charge < -0.3 is 19.7 Å². The molecule has 5 atom stereocenters. The van der Waals surface area contributed by atoms with E-state index in [1.807, 2.05) is 29.8 Å². The van der Waals surface area contributed by atoms with E-state index in [4.69, 9.17) is 14.5 Å². The van der Waals surface area contributed by atoms with Gasteiger partial charge in [0.15, 0.2) is 0 Å². The van der Waals surface area contributed by atoms with Crippen molar-refractivity contribution in [2.24, 2.45) is 10.9 Å². The molecule has 1 aromatic heterocycles. The highest BCUT2D eigenvalue weighted by atomic mass is 32.2. The molecule has 1 aliphatic carbocycles. The summed E-state index contributed by atoms with van der Waals surface area (Å²) in [7, 11) is 1.64. The number of nitrogens with zero attached hydrogens (tertiary/aromatic N) is 3. The van der Waals surface area contributed by atoms with Crippen molar-refractivity contribution in [3.8, 4) is 11.5 Å². The topological polar surface area (TPSA) is 93.1 Å². The number of fused-ring (bicyclic) bond motifs is 3. The number of hydrogen-bond acceptors (Lipinski definition) is 7. The van der Waals surface area contributed by atoms with Gasteiger partial charge in [0, 0.05) is 47.6 Å². The minimum Gasteiger partial charge on any atom is -0.497 e. The zero-order valence-electron chi connectivity index (χ0n) is 23.3. The number of allylic oxidation sites excluding steroid dienone is 1. The monoisotopic (exact) mass is 562 g/mol. The van der Waals surface area contributed by atoms with Crippen molar-refractivity contribution in [2.45, 2.75) is 82.0 Å². The van der Waals surface area contributed by atoms with Crippen LogP contribution >= 0.6 is 11.8 Å². The van der Waals surface area contributed by atoms with Crippen molar-refractivity contribution >= 4 is 40.0 Å². The molecule has 1 N–H and O–H groups in total. The van der Waals surface area contributed by atoms with E-state index in [-0.39, 0.29) is 29.5 Å². The lowest BCUT2D eigenvalue weighted by Crippen LogP contribution is -2.49. The third kappa shape index (κ3) is 5.71. The van der Waals surface area contributed by atoms with Crippen LogP contribution in [-0.4, -0.2) is 64.3 Å². The van der Waals surface area contributed by atoms with Gasteiger partial charge in [-0.25, -0.2) is 0 Å². The van der Waals surface area contributed by atoms with Gasteiger partial charge in [0.2, 0.25) is 11.8 Å². The molecule has 9 heteroatoms. The molecule has 6 rings (SSSR count). The zero-order valence-corrected chi connectivity index (χ0v) is 24.1. The predicted octanol–water partition coefficient (Wildman–Crippen LogP) is 5.21. The first-order chi connectivity index (χ1) is 19.4. The maximum Gasteiger partial charge on any atom is 0.243 e. The second-order valence-electron chi connectivity index (χ2n) is 11.7. The number of thioether (sulfide) groups is 1. The van der Waals surface area contributed by atoms with E-state index in [1.54, 1.807) is 23.8 Å². The Labute approximate surface area is 240 Å². The first-order valence-corrected chi connectivity index (χ1v) is 15.5. The van der Waals surface area contributed by atoms with Gasteiger partial charge in [0.1, 0.15) is 29.7 Å². The standard InChI is InChI=1S/C31H38N4O4S/c1-31-16-20(31)9-7-5-3-4-6-8-10-29(36)35-17-22(14-27(35)30(37)34-31)39-28-15-25(26-18-40-19-32-26)33-24-13-21(38-2)11-12-23(24)28/h7,9,11-13,15,19-20,22,26-27H,3-6,8,10,14,16-18H2,1-2H3,(H,34,37)/b9-7-/t20-,22-,26?,27+,31-/m1/s1. The number of nitrogens with one attached hydrogen (secondary N) is 1. The van der Waals surface area contributed by atoms with Crippen LogP contribution in [0.1, 0.15) is 70.0 Å². The minimum atomic E-state index is -0.534. The van der Waals surface area contributed by atoms with Crippen molar-refractivity contribution in [2.75, 3.05) is 19.4 Å². The van der Waals surface area contributed by atoms with E-state index in [1.165, 1.54) is 0 Å². The summed E-state index contributed by atoms with van der Waals surface area (Å²) in [5.74, 6) is 2.59. The van der Waals surface area contributed by atoms with Crippen LogP contribution in [0.2, 0.25) is 0 Å². The number of ether oxygens (including phenoxy) is 2. The van der Waals surface area contributed by atoms with Crippen LogP contribution in [0.25, 0.3) is 10.9 Å². The number of amides is 2. The fourth-order valence-electron chi connectivity index (χ4n) is 6.12. The second-order valence-corrected chi connectivity index (χ2v) is 12.5. The molecule has 4 aliphatic rings. The summed E-state index contributed by atoms with van der Waals surface area (Å²) < 4.78 is 12.1. The van der Waals surface area contributed by atoms with E-state index in [0.29, 0.717) is 31.1 Å². The number of pyridine rings is 1. The quantitative estimate of drug-likeness (QED) is 0.514. The molecule has 3 aliphatic heterocycles. The number of carbonyl (C=O) groups excluding carboxylic acids is 2. The summed E-state index contributed by atoms with van der Waals surface area (Å²) in [5, 5.41) is 4.16. The lowest BCUT2D eigenvalue weighted by molar-refractivity contribution is -0.139. The maximum atomic E-state index is 13.6. The van der Waals surface area contributed by atoms with E-state index in [0.717, 1.165) is 66.6 Å². The van der Waals surface area contributed by atoms with Crippen LogP contribution < -0.4 is 14.8 Å². The van der Waals surface area contributed by atoms with Crippen LogP contribution in [-0.2, 0) is 9.59 Å². The average Bonchev–Trinajstić information content (AvgIpc) is 3.33. The number of benzene rings is 1. The first-order valence-electron chi connectivity index (χ1n) is 14.5. The van der Waals surface area contributed by atoms with Gasteiger partial charge in [-0.1, -0.05) is 25.0 Å². The van der Waals surface area contributed by atoms with E-state index in [9.17, 15) is 9.59 Å². The third-order valence-electron chi connectivity index (χ3n) is 8.68. The summed E-state index contributed by atoms with van der Waals surface area (Å²) in [6, 6.07) is 7.18. The maximum absolute atomic E-state index is 13.6. The van der Waals surface area contributed by atoms with Gasteiger partial charge >= 0.3 is 0 Å². The van der Waals surface area contributed by atoms with Crippen molar-refractivity contribution < 1.29 is 19.1 Å². The summed E-state index contributed by atoms with van der Waals surface area (Å²) in [6.45, 7) is 2.50. The number of methoxy groups -OCH3 is 1. The fraction of sp³-hybridized carbons (Fsp3) is 0.548. The van der Waals surface area contributed by atoms with Crippen LogP contribution in [0, 0.1) is 5.92 Å². The molecule has 0 bridgehead atoms. The highest BCUT2D eigenvalue weighted by Crippen LogP contribution is 2.44. The predicted molar refractivity (Wildman–Crippen MR) is 158 cm³/mol. The third-order valence-corrected chi connectivity index (χ3v) is 9.46. The average molecular weight is 563 g/mol. The number of aromatic nitrogens is 1. The highest BCUT2D eigenvalue weighted by Gasteiger charge is 2.51. The summed E-state index contributed by atoms with van der Waals surface area (Å²) >= 11 is 1.67. The van der Waals surface area contributed by atoms with Crippen molar-refractivity contribution in [1.29, 1.82) is 0 Å².